The minimum atomic E-state index is -2.39. The maximum Gasteiger partial charge on any atom is 0.291 e. The highest BCUT2D eigenvalue weighted by Crippen LogP contribution is 2.21. The molecule has 2 amide bonds. The number of furan rings is 1. The number of nitrogens with one attached hydrogen (secondary N) is 2. The van der Waals surface area contributed by atoms with E-state index in [1.165, 1.54) is 48.7 Å². The number of halogens is 1. The monoisotopic (exact) mass is 536 g/mol. The van der Waals surface area contributed by atoms with Crippen molar-refractivity contribution >= 4 is 45.8 Å². The lowest BCUT2D eigenvalue weighted by molar-refractivity contribution is -0.111. The van der Waals surface area contributed by atoms with Gasteiger partial charge in [0.15, 0.2) is 5.76 Å². The molecule has 0 aliphatic heterocycles. The number of aliphatic imine (C=N–C) groups is 1. The van der Waals surface area contributed by atoms with Gasteiger partial charge in [0.05, 0.1) is 34.0 Å². The van der Waals surface area contributed by atoms with Crippen LogP contribution in [-0.4, -0.2) is 41.6 Å². The second-order valence-corrected chi connectivity index (χ2v) is 9.17. The first kappa shape index (κ1) is 26.4. The summed E-state index contributed by atoms with van der Waals surface area (Å²) >= 11 is -2.39. The predicted molar refractivity (Wildman–Crippen MR) is 138 cm³/mol. The lowest BCUT2D eigenvalue weighted by Gasteiger charge is -2.17. The summed E-state index contributed by atoms with van der Waals surface area (Å²) in [5.74, 6) is -1.89. The third-order valence-electron chi connectivity index (χ3n) is 5.30. The van der Waals surface area contributed by atoms with Crippen molar-refractivity contribution < 1.29 is 31.9 Å². The first-order valence-corrected chi connectivity index (χ1v) is 12.1. The van der Waals surface area contributed by atoms with Gasteiger partial charge in [-0.2, -0.15) is 0 Å². The number of nitrogens with zero attached hydrogens (tertiary/aromatic N) is 2. The number of carbonyl (C=O) groups is 3. The van der Waals surface area contributed by atoms with Crippen LogP contribution in [0.2, 0.25) is 0 Å². The average Bonchev–Trinajstić information content (AvgIpc) is 3.46. The smallest absolute Gasteiger partial charge is 0.291 e. The van der Waals surface area contributed by atoms with E-state index < -0.39 is 28.7 Å². The highest BCUT2D eigenvalue weighted by Gasteiger charge is 2.24. The van der Waals surface area contributed by atoms with Crippen molar-refractivity contribution in [2.75, 3.05) is 19.0 Å². The molecule has 2 aromatic carbocycles. The Kier molecular flexibility index (Phi) is 8.04. The van der Waals surface area contributed by atoms with Crippen molar-refractivity contribution in [1.29, 1.82) is 0 Å². The SMILES string of the molecule is CN(C)c1ccc(N=C2C=C(NC(=O)c3ccco3)C(=O)C=C2NC(=O)c2cccc(S(=O)OF)c2)cc1. The molecule has 3 aromatic rings. The molecule has 0 saturated carbocycles. The van der Waals surface area contributed by atoms with E-state index in [0.717, 1.165) is 11.8 Å². The third kappa shape index (κ3) is 6.17. The van der Waals surface area contributed by atoms with Crippen LogP contribution in [0.1, 0.15) is 20.9 Å². The maximum absolute atomic E-state index is 13.0. The Balaban J connectivity index is 1.66. The van der Waals surface area contributed by atoms with Crippen LogP contribution in [0.3, 0.4) is 0 Å². The van der Waals surface area contributed by atoms with Gasteiger partial charge in [-0.05, 0) is 65.2 Å². The van der Waals surface area contributed by atoms with Crippen molar-refractivity contribution in [2.24, 2.45) is 4.99 Å². The lowest BCUT2D eigenvalue weighted by atomic mass is 10.0. The molecule has 0 spiro atoms. The van der Waals surface area contributed by atoms with E-state index in [-0.39, 0.29) is 33.3 Å². The van der Waals surface area contributed by atoms with Crippen molar-refractivity contribution in [1.82, 2.24) is 10.6 Å². The van der Waals surface area contributed by atoms with Gasteiger partial charge in [0.2, 0.25) is 16.9 Å². The van der Waals surface area contributed by atoms with Gasteiger partial charge in [0.25, 0.3) is 11.8 Å². The van der Waals surface area contributed by atoms with Gasteiger partial charge in [-0.3, -0.25) is 14.4 Å². The second kappa shape index (κ2) is 11.6. The molecule has 1 unspecified atom stereocenters. The number of carbonyl (C=O) groups excluding carboxylic acids is 3. The molecule has 4 rings (SSSR count). The minimum absolute atomic E-state index is 0.00840. The molecule has 0 bridgehead atoms. The standard InChI is InChI=1S/C26H21FN4O6S/c1-31(2)18-10-8-17(9-11-18)28-20-14-22(30-26(34)24-7-4-12-36-24)23(32)15-21(20)29-25(33)16-5-3-6-19(13-16)38(35)37-27/h3-15H,1-2H3,(H,29,33)(H,30,34). The summed E-state index contributed by atoms with van der Waals surface area (Å²) in [6.07, 6.45) is 3.78. The molecular formula is C26H21FN4O6S. The van der Waals surface area contributed by atoms with Crippen molar-refractivity contribution in [3.8, 4) is 0 Å². The quantitative estimate of drug-likeness (QED) is 0.421. The largest absolute Gasteiger partial charge is 0.459 e. The Hall–Kier alpha value is -4.68. The lowest BCUT2D eigenvalue weighted by Crippen LogP contribution is -2.34. The number of amides is 2. The van der Waals surface area contributed by atoms with E-state index in [2.05, 4.69) is 20.0 Å². The fourth-order valence-electron chi connectivity index (χ4n) is 3.39. The molecule has 0 fully saturated rings. The van der Waals surface area contributed by atoms with Crippen LogP contribution in [-0.2, 0) is 20.3 Å². The Bertz CT molecular complexity index is 1490. The second-order valence-electron chi connectivity index (χ2n) is 8.10. The van der Waals surface area contributed by atoms with Gasteiger partial charge < -0.3 is 20.0 Å². The van der Waals surface area contributed by atoms with Crippen molar-refractivity contribution in [2.45, 2.75) is 4.90 Å². The normalized spacial score (nSPS) is 14.9. The van der Waals surface area contributed by atoms with Crippen LogP contribution in [0.4, 0.5) is 15.9 Å². The molecule has 2 N–H and O–H groups in total. The van der Waals surface area contributed by atoms with E-state index >= 15 is 0 Å². The van der Waals surface area contributed by atoms with Crippen LogP contribution in [0.25, 0.3) is 0 Å². The molecule has 1 heterocycles. The van der Waals surface area contributed by atoms with E-state index in [1.54, 1.807) is 12.1 Å². The summed E-state index contributed by atoms with van der Waals surface area (Å²) < 4.78 is 32.4. The maximum atomic E-state index is 13.0. The minimum Gasteiger partial charge on any atom is -0.459 e. The molecule has 1 atom stereocenters. The molecule has 0 saturated heterocycles. The number of anilines is 1. The van der Waals surface area contributed by atoms with E-state index in [9.17, 15) is 23.1 Å². The average molecular weight is 537 g/mol. The molecule has 0 radical (unpaired) electrons. The van der Waals surface area contributed by atoms with Crippen molar-refractivity contribution in [3.63, 3.8) is 0 Å². The van der Waals surface area contributed by atoms with Gasteiger partial charge in [-0.25, -0.2) is 9.20 Å². The van der Waals surface area contributed by atoms with Crippen LogP contribution in [0, 0.1) is 0 Å². The molecule has 1 aliphatic rings. The fraction of sp³-hybridized carbons (Fsp3) is 0.0769. The summed E-state index contributed by atoms with van der Waals surface area (Å²) in [6, 6.07) is 15.5. The highest BCUT2D eigenvalue weighted by atomic mass is 32.2. The van der Waals surface area contributed by atoms with Gasteiger partial charge in [0.1, 0.15) is 0 Å². The van der Waals surface area contributed by atoms with E-state index in [0.29, 0.717) is 5.69 Å². The summed E-state index contributed by atoms with van der Waals surface area (Å²) in [5, 5.41) is 5.10. The molecule has 12 heteroatoms. The molecular weight excluding hydrogens is 515 g/mol. The van der Waals surface area contributed by atoms with Gasteiger partial charge in [-0.15, -0.1) is 0 Å². The number of rotatable bonds is 8. The van der Waals surface area contributed by atoms with Crippen molar-refractivity contribution in [3.05, 3.63) is 102 Å². The molecule has 1 aliphatic carbocycles. The zero-order valence-corrected chi connectivity index (χ0v) is 21.0. The first-order chi connectivity index (χ1) is 18.2. The zero-order chi connectivity index (χ0) is 27.2. The summed E-state index contributed by atoms with van der Waals surface area (Å²) in [7, 11) is 3.79. The predicted octanol–water partition coefficient (Wildman–Crippen LogP) is 3.55. The zero-order valence-electron chi connectivity index (χ0n) is 20.1. The highest BCUT2D eigenvalue weighted by molar-refractivity contribution is 7.80. The Morgan fingerprint density at radius 2 is 1.71 bits per heavy atom. The van der Waals surface area contributed by atoms with Crippen LogP contribution >= 0.6 is 0 Å². The molecule has 38 heavy (non-hydrogen) atoms. The number of allylic oxidation sites excluding steroid dienone is 2. The topological polar surface area (TPSA) is 130 Å². The number of hydrogen-bond donors (Lipinski definition) is 2. The summed E-state index contributed by atoms with van der Waals surface area (Å²) in [5.41, 5.74) is 1.65. The summed E-state index contributed by atoms with van der Waals surface area (Å²) in [6.45, 7) is 0. The van der Waals surface area contributed by atoms with Crippen LogP contribution in [0.15, 0.2) is 105 Å². The molecule has 194 valence electrons. The number of ketones is 1. The summed E-state index contributed by atoms with van der Waals surface area (Å²) in [4.78, 5) is 44.6. The van der Waals surface area contributed by atoms with Gasteiger partial charge in [0, 0.05) is 31.4 Å². The van der Waals surface area contributed by atoms with Gasteiger partial charge >= 0.3 is 0 Å². The third-order valence-corrected chi connectivity index (χ3v) is 6.05. The first-order valence-electron chi connectivity index (χ1n) is 11.1. The van der Waals surface area contributed by atoms with Gasteiger partial charge in [-0.1, -0.05) is 10.5 Å². The van der Waals surface area contributed by atoms with Crippen LogP contribution < -0.4 is 15.5 Å². The van der Waals surface area contributed by atoms with E-state index in [4.69, 9.17) is 4.42 Å². The Labute approximate surface area is 219 Å². The fourth-order valence-corrected chi connectivity index (χ4v) is 3.87. The Morgan fingerprint density at radius 3 is 2.37 bits per heavy atom. The number of benzene rings is 2. The Morgan fingerprint density at radius 1 is 0.974 bits per heavy atom. The number of hydrogen-bond acceptors (Lipinski definition) is 8. The van der Waals surface area contributed by atoms with Crippen LogP contribution in [0.5, 0.6) is 0 Å². The van der Waals surface area contributed by atoms with E-state index in [1.807, 2.05) is 31.1 Å². The molecule has 10 nitrogen and oxygen atoms in total. The molecule has 1 aromatic heterocycles.